The van der Waals surface area contributed by atoms with Gasteiger partial charge in [0.1, 0.15) is 0 Å². The van der Waals surface area contributed by atoms with Crippen LogP contribution in [0.4, 0.5) is 5.95 Å². The zero-order chi connectivity index (χ0) is 13.5. The van der Waals surface area contributed by atoms with E-state index in [1.54, 1.807) is 0 Å². The van der Waals surface area contributed by atoms with Gasteiger partial charge in [0.2, 0.25) is 5.95 Å². The summed E-state index contributed by atoms with van der Waals surface area (Å²) in [5.41, 5.74) is 1.13. The van der Waals surface area contributed by atoms with E-state index in [1.807, 2.05) is 12.4 Å². The zero-order valence-electron chi connectivity index (χ0n) is 12.3. The van der Waals surface area contributed by atoms with Crippen molar-refractivity contribution >= 4 is 5.95 Å². The molecule has 0 radical (unpaired) electrons. The van der Waals surface area contributed by atoms with Crippen LogP contribution in [0.5, 0.6) is 0 Å². The third kappa shape index (κ3) is 4.61. The fourth-order valence-electron chi connectivity index (χ4n) is 1.77. The normalized spacial score (nSPS) is 11.3. The smallest absolute Gasteiger partial charge is 0.225 e. The molecule has 4 heteroatoms. The Morgan fingerprint density at radius 1 is 1.17 bits per heavy atom. The van der Waals surface area contributed by atoms with E-state index < -0.39 is 0 Å². The number of nitrogens with zero attached hydrogens (tertiary/aromatic N) is 3. The Labute approximate surface area is 111 Å². The van der Waals surface area contributed by atoms with Gasteiger partial charge in [0.15, 0.2) is 0 Å². The molecule has 4 nitrogen and oxygen atoms in total. The molecule has 0 bridgehead atoms. The van der Waals surface area contributed by atoms with Crippen LogP contribution in [0, 0.1) is 5.92 Å². The predicted molar refractivity (Wildman–Crippen MR) is 76.7 cm³/mol. The zero-order valence-corrected chi connectivity index (χ0v) is 12.3. The van der Waals surface area contributed by atoms with Gasteiger partial charge in [-0.3, -0.25) is 0 Å². The van der Waals surface area contributed by atoms with E-state index in [0.29, 0.717) is 12.0 Å². The maximum Gasteiger partial charge on any atom is 0.225 e. The van der Waals surface area contributed by atoms with Gasteiger partial charge in [-0.1, -0.05) is 20.8 Å². The number of nitrogens with one attached hydrogen (secondary N) is 1. The fourth-order valence-corrected chi connectivity index (χ4v) is 1.77. The Bertz CT molecular complexity index is 332. The molecule has 0 amide bonds. The molecule has 0 unspecified atom stereocenters. The van der Waals surface area contributed by atoms with Gasteiger partial charge in [-0.05, 0) is 26.3 Å². The molecule has 18 heavy (non-hydrogen) atoms. The fraction of sp³-hybridized carbons (Fsp3) is 0.714. The second-order valence-electron chi connectivity index (χ2n) is 5.31. The summed E-state index contributed by atoms with van der Waals surface area (Å²) in [4.78, 5) is 11.2. The minimum atomic E-state index is 0.423. The van der Waals surface area contributed by atoms with E-state index >= 15 is 0 Å². The molecule has 0 fully saturated rings. The first-order valence-corrected chi connectivity index (χ1v) is 6.82. The van der Waals surface area contributed by atoms with Gasteiger partial charge >= 0.3 is 0 Å². The summed E-state index contributed by atoms with van der Waals surface area (Å²) in [7, 11) is 0. The molecular weight excluding hydrogens is 224 g/mol. The summed E-state index contributed by atoms with van der Waals surface area (Å²) < 4.78 is 0. The molecule has 0 aliphatic carbocycles. The molecule has 0 atom stereocenters. The second kappa shape index (κ2) is 7.31. The van der Waals surface area contributed by atoms with E-state index in [9.17, 15) is 0 Å². The van der Waals surface area contributed by atoms with Crippen molar-refractivity contribution < 1.29 is 0 Å². The molecule has 1 aromatic rings. The van der Waals surface area contributed by atoms with Crippen molar-refractivity contribution in [3.05, 3.63) is 18.0 Å². The highest BCUT2D eigenvalue weighted by Crippen LogP contribution is 2.13. The Morgan fingerprint density at radius 3 is 2.22 bits per heavy atom. The van der Waals surface area contributed by atoms with E-state index in [2.05, 4.69) is 54.8 Å². The van der Waals surface area contributed by atoms with Crippen molar-refractivity contribution in [2.75, 3.05) is 18.0 Å². The standard InChI is InChI=1S/C14H26N4/c1-6-15-7-13-8-16-14(17-9-13)18(12(4)5)10-11(2)3/h8-9,11-12,15H,6-7,10H2,1-5H3. The molecule has 0 aromatic carbocycles. The predicted octanol–water partition coefficient (Wildman–Crippen LogP) is 2.46. The molecule has 0 saturated heterocycles. The quantitative estimate of drug-likeness (QED) is 0.807. The van der Waals surface area contributed by atoms with E-state index in [1.165, 1.54) is 0 Å². The van der Waals surface area contributed by atoms with Crippen LogP contribution in [0.3, 0.4) is 0 Å². The van der Waals surface area contributed by atoms with Crippen LogP contribution in [0.1, 0.15) is 40.2 Å². The van der Waals surface area contributed by atoms with Crippen molar-refractivity contribution in [1.82, 2.24) is 15.3 Å². The van der Waals surface area contributed by atoms with Crippen LogP contribution in [0.2, 0.25) is 0 Å². The van der Waals surface area contributed by atoms with Crippen molar-refractivity contribution in [1.29, 1.82) is 0 Å². The lowest BCUT2D eigenvalue weighted by atomic mass is 10.2. The van der Waals surface area contributed by atoms with Crippen LogP contribution >= 0.6 is 0 Å². The molecule has 0 aliphatic heterocycles. The van der Waals surface area contributed by atoms with E-state index in [0.717, 1.165) is 31.1 Å². The largest absolute Gasteiger partial charge is 0.338 e. The summed E-state index contributed by atoms with van der Waals surface area (Å²) in [6.45, 7) is 13.7. The van der Waals surface area contributed by atoms with Crippen LogP contribution in [-0.4, -0.2) is 29.1 Å². The van der Waals surface area contributed by atoms with Crippen LogP contribution in [0.25, 0.3) is 0 Å². The Kier molecular flexibility index (Phi) is 6.05. The number of rotatable bonds is 7. The van der Waals surface area contributed by atoms with Gasteiger partial charge in [-0.15, -0.1) is 0 Å². The lowest BCUT2D eigenvalue weighted by Gasteiger charge is -2.28. The molecule has 1 rings (SSSR count). The first-order chi connectivity index (χ1) is 8.54. The highest BCUT2D eigenvalue weighted by molar-refractivity contribution is 5.31. The molecule has 1 N–H and O–H groups in total. The third-order valence-corrected chi connectivity index (χ3v) is 2.71. The Hall–Kier alpha value is -1.16. The summed E-state index contributed by atoms with van der Waals surface area (Å²) in [6.07, 6.45) is 3.83. The van der Waals surface area contributed by atoms with Gasteiger partial charge in [0.25, 0.3) is 0 Å². The summed E-state index contributed by atoms with van der Waals surface area (Å²) in [5, 5.41) is 3.27. The molecule has 0 saturated carbocycles. The Morgan fingerprint density at radius 2 is 1.78 bits per heavy atom. The summed E-state index contributed by atoms with van der Waals surface area (Å²) >= 11 is 0. The number of aromatic nitrogens is 2. The second-order valence-corrected chi connectivity index (χ2v) is 5.31. The van der Waals surface area contributed by atoms with Crippen molar-refractivity contribution in [2.45, 2.75) is 47.2 Å². The van der Waals surface area contributed by atoms with Crippen LogP contribution < -0.4 is 10.2 Å². The van der Waals surface area contributed by atoms with Crippen molar-refractivity contribution in [3.63, 3.8) is 0 Å². The van der Waals surface area contributed by atoms with Gasteiger partial charge in [0, 0.05) is 37.1 Å². The first-order valence-electron chi connectivity index (χ1n) is 6.82. The van der Waals surface area contributed by atoms with Crippen molar-refractivity contribution in [3.8, 4) is 0 Å². The molecule has 1 heterocycles. The van der Waals surface area contributed by atoms with Gasteiger partial charge < -0.3 is 10.2 Å². The minimum absolute atomic E-state index is 0.423. The highest BCUT2D eigenvalue weighted by atomic mass is 15.3. The maximum atomic E-state index is 4.48. The topological polar surface area (TPSA) is 41.1 Å². The monoisotopic (exact) mass is 250 g/mol. The number of hydrogen-bond donors (Lipinski definition) is 1. The number of hydrogen-bond acceptors (Lipinski definition) is 4. The lowest BCUT2D eigenvalue weighted by Crippen LogP contribution is -2.35. The van der Waals surface area contributed by atoms with Gasteiger partial charge in [-0.2, -0.15) is 0 Å². The summed E-state index contributed by atoms with van der Waals surface area (Å²) in [6, 6.07) is 0.423. The lowest BCUT2D eigenvalue weighted by molar-refractivity contribution is 0.559. The van der Waals surface area contributed by atoms with Crippen molar-refractivity contribution in [2.24, 2.45) is 5.92 Å². The molecule has 0 aliphatic rings. The van der Waals surface area contributed by atoms with Gasteiger partial charge in [0.05, 0.1) is 0 Å². The molecule has 1 aromatic heterocycles. The van der Waals surface area contributed by atoms with E-state index in [-0.39, 0.29) is 0 Å². The molecule has 0 spiro atoms. The maximum absolute atomic E-state index is 4.48. The van der Waals surface area contributed by atoms with Crippen LogP contribution in [-0.2, 0) is 6.54 Å². The first kappa shape index (κ1) is 14.9. The average molecular weight is 250 g/mol. The minimum Gasteiger partial charge on any atom is -0.338 e. The molecule has 102 valence electrons. The summed E-state index contributed by atoms with van der Waals surface area (Å²) in [5.74, 6) is 1.44. The molecular formula is C14H26N4. The Balaban J connectivity index is 2.74. The van der Waals surface area contributed by atoms with Gasteiger partial charge in [-0.25, -0.2) is 9.97 Å². The van der Waals surface area contributed by atoms with Crippen LogP contribution in [0.15, 0.2) is 12.4 Å². The third-order valence-electron chi connectivity index (χ3n) is 2.71. The SMILES string of the molecule is CCNCc1cnc(N(CC(C)C)C(C)C)nc1. The highest BCUT2D eigenvalue weighted by Gasteiger charge is 2.14. The number of anilines is 1. The average Bonchev–Trinajstić information content (AvgIpc) is 2.34. The van der Waals surface area contributed by atoms with E-state index in [4.69, 9.17) is 0 Å².